The molecule has 0 bridgehead atoms. The van der Waals surface area contributed by atoms with Crippen LogP contribution in [0.1, 0.15) is 35.4 Å². The smallest absolute Gasteiger partial charge is 0.413 e. The average molecular weight is 507 g/mol. The summed E-state index contributed by atoms with van der Waals surface area (Å²) in [5, 5.41) is 12.7. The molecule has 14 heteroatoms. The van der Waals surface area contributed by atoms with Crippen molar-refractivity contribution in [2.75, 3.05) is 11.9 Å². The van der Waals surface area contributed by atoms with Gasteiger partial charge in [-0.25, -0.2) is 27.6 Å². The van der Waals surface area contributed by atoms with Gasteiger partial charge in [-0.2, -0.15) is 4.39 Å². The van der Waals surface area contributed by atoms with E-state index in [0.717, 1.165) is 6.07 Å². The molecule has 0 aliphatic rings. The van der Waals surface area contributed by atoms with Gasteiger partial charge in [0.1, 0.15) is 11.9 Å². The maximum atomic E-state index is 13.8. The Labute approximate surface area is 202 Å². The van der Waals surface area contributed by atoms with Crippen LogP contribution in [0.25, 0.3) is 11.4 Å². The minimum absolute atomic E-state index is 0.0158. The van der Waals surface area contributed by atoms with E-state index in [1.807, 2.05) is 0 Å². The summed E-state index contributed by atoms with van der Waals surface area (Å²) >= 11 is 0. The van der Waals surface area contributed by atoms with Crippen molar-refractivity contribution in [2.45, 2.75) is 25.9 Å². The molecule has 10 nitrogen and oxygen atoms in total. The summed E-state index contributed by atoms with van der Waals surface area (Å²) in [7, 11) is 1.49. The van der Waals surface area contributed by atoms with Crippen molar-refractivity contribution in [1.82, 2.24) is 30.3 Å². The number of hydrogen-bond acceptors (Lipinski definition) is 7. The van der Waals surface area contributed by atoms with Crippen molar-refractivity contribution < 1.29 is 31.9 Å². The van der Waals surface area contributed by atoms with E-state index < -0.39 is 36.3 Å². The molecule has 0 spiro atoms. The molecular formula is C22H21F4N7O3. The molecule has 190 valence electrons. The molecule has 0 saturated heterocycles. The van der Waals surface area contributed by atoms with Crippen LogP contribution in [0.5, 0.6) is 0 Å². The Kier molecular flexibility index (Phi) is 8.30. The number of hydrogen-bond donors (Lipinski definition) is 2. The number of nitrogens with zero attached hydrogens (tertiary/aromatic N) is 5. The Balaban J connectivity index is 1.66. The second kappa shape index (κ2) is 11.4. The SMILES string of the molecule is C=C(CCNC(=O)c1ccc(-c2nnn(C)c2NC(=O)O[C@H](C)c2cc(F)cnc2F)nc1)C(F)F. The zero-order valence-electron chi connectivity index (χ0n) is 19.1. The predicted octanol–water partition coefficient (Wildman–Crippen LogP) is 3.80. The van der Waals surface area contributed by atoms with Crippen LogP contribution < -0.4 is 10.6 Å². The lowest BCUT2D eigenvalue weighted by Crippen LogP contribution is -2.25. The third-order valence-electron chi connectivity index (χ3n) is 4.91. The number of ether oxygens (including phenoxy) is 1. The summed E-state index contributed by atoms with van der Waals surface area (Å²) in [4.78, 5) is 32.0. The fraction of sp³-hybridized carbons (Fsp3) is 0.273. The van der Waals surface area contributed by atoms with Crippen LogP contribution in [-0.2, 0) is 11.8 Å². The van der Waals surface area contributed by atoms with Gasteiger partial charge in [-0.3, -0.25) is 15.1 Å². The minimum Gasteiger partial charge on any atom is -0.441 e. The number of aromatic nitrogens is 5. The third-order valence-corrected chi connectivity index (χ3v) is 4.91. The van der Waals surface area contributed by atoms with Crippen molar-refractivity contribution >= 4 is 17.8 Å². The van der Waals surface area contributed by atoms with Crippen LogP contribution in [0, 0.1) is 11.8 Å². The first-order valence-electron chi connectivity index (χ1n) is 10.5. The zero-order chi connectivity index (χ0) is 26.4. The first-order valence-corrected chi connectivity index (χ1v) is 10.5. The van der Waals surface area contributed by atoms with E-state index in [2.05, 4.69) is 37.5 Å². The lowest BCUT2D eigenvalue weighted by molar-refractivity contribution is 0.0951. The monoisotopic (exact) mass is 507 g/mol. The highest BCUT2D eigenvalue weighted by Crippen LogP contribution is 2.25. The van der Waals surface area contributed by atoms with Crippen LogP contribution in [0.3, 0.4) is 0 Å². The molecular weight excluding hydrogens is 486 g/mol. The van der Waals surface area contributed by atoms with Crippen molar-refractivity contribution in [3.05, 3.63) is 65.6 Å². The number of halogens is 4. The lowest BCUT2D eigenvalue weighted by Gasteiger charge is -2.15. The van der Waals surface area contributed by atoms with Gasteiger partial charge < -0.3 is 10.1 Å². The van der Waals surface area contributed by atoms with Gasteiger partial charge >= 0.3 is 6.09 Å². The molecule has 3 aromatic rings. The van der Waals surface area contributed by atoms with Gasteiger partial charge in [-0.15, -0.1) is 5.10 Å². The van der Waals surface area contributed by atoms with E-state index in [0.29, 0.717) is 6.20 Å². The van der Waals surface area contributed by atoms with Gasteiger partial charge in [-0.05, 0) is 37.1 Å². The molecule has 0 aromatic carbocycles. The number of pyridine rings is 2. The number of alkyl halides is 2. The molecule has 0 radical (unpaired) electrons. The Morgan fingerprint density at radius 2 is 1.94 bits per heavy atom. The Hall–Kier alpha value is -4.36. The van der Waals surface area contributed by atoms with E-state index in [1.165, 1.54) is 37.0 Å². The molecule has 2 amide bonds. The van der Waals surface area contributed by atoms with Gasteiger partial charge in [-0.1, -0.05) is 11.8 Å². The molecule has 3 aromatic heterocycles. The minimum atomic E-state index is -2.65. The molecule has 2 N–H and O–H groups in total. The predicted molar refractivity (Wildman–Crippen MR) is 119 cm³/mol. The van der Waals surface area contributed by atoms with Crippen molar-refractivity contribution in [1.29, 1.82) is 0 Å². The molecule has 1 atom stereocenters. The highest BCUT2D eigenvalue weighted by atomic mass is 19.3. The summed E-state index contributed by atoms with van der Waals surface area (Å²) in [5.41, 5.74) is 0.0220. The second-order valence-corrected chi connectivity index (χ2v) is 7.51. The van der Waals surface area contributed by atoms with Crippen molar-refractivity contribution in [3.63, 3.8) is 0 Å². The van der Waals surface area contributed by atoms with Gasteiger partial charge in [0.2, 0.25) is 5.95 Å². The third kappa shape index (κ3) is 6.40. The van der Waals surface area contributed by atoms with Crippen molar-refractivity contribution in [2.24, 2.45) is 7.05 Å². The van der Waals surface area contributed by atoms with E-state index in [-0.39, 0.29) is 46.9 Å². The highest BCUT2D eigenvalue weighted by Gasteiger charge is 2.21. The molecule has 0 aliphatic carbocycles. The second-order valence-electron chi connectivity index (χ2n) is 7.51. The van der Waals surface area contributed by atoms with Gasteiger partial charge in [0, 0.05) is 19.8 Å². The molecule has 3 heterocycles. The van der Waals surface area contributed by atoms with Gasteiger partial charge in [0.15, 0.2) is 11.5 Å². The zero-order valence-corrected chi connectivity index (χ0v) is 19.1. The Morgan fingerprint density at radius 3 is 2.61 bits per heavy atom. The number of nitrogens with one attached hydrogen (secondary N) is 2. The van der Waals surface area contributed by atoms with Crippen LogP contribution in [0.2, 0.25) is 0 Å². The summed E-state index contributed by atoms with van der Waals surface area (Å²) in [6.07, 6.45) is -2.94. The molecule has 3 rings (SSSR count). The first kappa shape index (κ1) is 26.2. The van der Waals surface area contributed by atoms with E-state index in [9.17, 15) is 27.2 Å². The maximum absolute atomic E-state index is 13.8. The molecule has 0 aliphatic heterocycles. The molecule has 0 unspecified atom stereocenters. The Morgan fingerprint density at radius 1 is 1.19 bits per heavy atom. The summed E-state index contributed by atoms with van der Waals surface area (Å²) in [6, 6.07) is 3.75. The summed E-state index contributed by atoms with van der Waals surface area (Å²) < 4.78 is 58.5. The van der Waals surface area contributed by atoms with Crippen LogP contribution in [0.15, 0.2) is 42.7 Å². The normalized spacial score (nSPS) is 11.8. The number of aryl methyl sites for hydroxylation is 1. The Bertz CT molecular complexity index is 1270. The fourth-order valence-corrected chi connectivity index (χ4v) is 2.96. The highest BCUT2D eigenvalue weighted by molar-refractivity contribution is 5.94. The van der Waals surface area contributed by atoms with Crippen LogP contribution in [-0.4, -0.2) is 49.9 Å². The summed E-state index contributed by atoms with van der Waals surface area (Å²) in [5.74, 6) is -2.21. The topological polar surface area (TPSA) is 124 Å². The lowest BCUT2D eigenvalue weighted by atomic mass is 10.2. The summed E-state index contributed by atoms with van der Waals surface area (Å²) in [6.45, 7) is 4.56. The maximum Gasteiger partial charge on any atom is 0.413 e. The van der Waals surface area contributed by atoms with E-state index >= 15 is 0 Å². The van der Waals surface area contributed by atoms with Crippen LogP contribution in [0.4, 0.5) is 28.2 Å². The average Bonchev–Trinajstić information content (AvgIpc) is 3.20. The molecule has 0 saturated carbocycles. The molecule has 36 heavy (non-hydrogen) atoms. The largest absolute Gasteiger partial charge is 0.441 e. The number of carbonyl (C=O) groups is 2. The van der Waals surface area contributed by atoms with E-state index in [1.54, 1.807) is 0 Å². The number of carbonyl (C=O) groups excluding carboxylic acids is 2. The number of amides is 2. The van der Waals surface area contributed by atoms with Crippen LogP contribution >= 0.6 is 0 Å². The fourth-order valence-electron chi connectivity index (χ4n) is 2.96. The quantitative estimate of drug-likeness (QED) is 0.257. The number of rotatable bonds is 9. The standard InChI is InChI=1S/C22H21F4N7O3/c1-11(18(24)25)6-7-27-21(34)13-4-5-16(28-9-13)17-20(33(3)32-31-17)30-22(35)36-12(2)15-8-14(23)10-29-19(15)26/h4-5,8-10,12,18H,1,6-7H2,2-3H3,(H,27,34)(H,30,35)/t12-/m1/s1. The van der Waals surface area contributed by atoms with Gasteiger partial charge in [0.25, 0.3) is 12.3 Å². The van der Waals surface area contributed by atoms with E-state index in [4.69, 9.17) is 4.74 Å². The number of anilines is 1. The molecule has 0 fully saturated rings. The van der Waals surface area contributed by atoms with Gasteiger partial charge in [0.05, 0.1) is 23.0 Å². The first-order chi connectivity index (χ1) is 17.1. The van der Waals surface area contributed by atoms with Crippen molar-refractivity contribution in [3.8, 4) is 11.4 Å².